The molecule has 2 N–H and O–H groups in total. The van der Waals surface area contributed by atoms with Gasteiger partial charge in [0.25, 0.3) is 0 Å². The monoisotopic (exact) mass is 355 g/mol. The average molecular weight is 356 g/mol. The van der Waals surface area contributed by atoms with Gasteiger partial charge in [-0.05, 0) is 54.4 Å². The lowest BCUT2D eigenvalue weighted by Crippen LogP contribution is -2.41. The molecule has 0 unspecified atom stereocenters. The van der Waals surface area contributed by atoms with Gasteiger partial charge in [-0.15, -0.1) is 0 Å². The quantitative estimate of drug-likeness (QED) is 0.643. The molecule has 0 fully saturated rings. The third kappa shape index (κ3) is 4.52. The molecule has 0 atom stereocenters. The van der Waals surface area contributed by atoms with E-state index in [1.165, 1.54) is 0 Å². The van der Waals surface area contributed by atoms with E-state index in [2.05, 4.69) is 52.3 Å². The highest BCUT2D eigenvalue weighted by Gasteiger charge is 2.16. The summed E-state index contributed by atoms with van der Waals surface area (Å²) in [6, 6.07) is 4.35. The summed E-state index contributed by atoms with van der Waals surface area (Å²) in [5.41, 5.74) is 1.08. The minimum atomic E-state index is 0.342. The molecule has 2 rings (SSSR count). The molecule has 0 amide bonds. The second-order valence-corrected chi connectivity index (χ2v) is 5.95. The second kappa shape index (κ2) is 7.54. The Morgan fingerprint density at radius 2 is 2.10 bits per heavy atom. The van der Waals surface area contributed by atoms with E-state index < -0.39 is 0 Å². The van der Waals surface area contributed by atoms with Crippen LogP contribution in [0.5, 0.6) is 11.5 Å². The summed E-state index contributed by atoms with van der Waals surface area (Å²) < 4.78 is 12.1. The second-order valence-electron chi connectivity index (χ2n) is 5.10. The van der Waals surface area contributed by atoms with Crippen LogP contribution in [-0.2, 0) is 6.54 Å². The first-order valence-corrected chi connectivity index (χ1v) is 8.02. The Balaban J connectivity index is 2.13. The number of aliphatic imine (C=N–C) groups is 1. The summed E-state index contributed by atoms with van der Waals surface area (Å²) in [6.07, 6.45) is 0. The topological polar surface area (TPSA) is 54.9 Å². The number of halogens is 1. The van der Waals surface area contributed by atoms with Gasteiger partial charge in [0.2, 0.25) is 0 Å². The number of fused-ring (bicyclic) bond motifs is 1. The number of rotatable bonds is 4. The number of hydrogen-bond donors (Lipinski definition) is 2. The van der Waals surface area contributed by atoms with E-state index in [9.17, 15) is 0 Å². The van der Waals surface area contributed by atoms with Crippen molar-refractivity contribution in [2.45, 2.75) is 33.4 Å². The van der Waals surface area contributed by atoms with Crippen LogP contribution in [0.15, 0.2) is 21.6 Å². The van der Waals surface area contributed by atoms with Crippen LogP contribution in [0.1, 0.15) is 26.3 Å². The molecule has 116 valence electrons. The van der Waals surface area contributed by atoms with Crippen molar-refractivity contribution in [2.24, 2.45) is 4.99 Å². The molecule has 1 aromatic carbocycles. The van der Waals surface area contributed by atoms with E-state index in [-0.39, 0.29) is 0 Å². The van der Waals surface area contributed by atoms with E-state index in [1.54, 1.807) is 0 Å². The van der Waals surface area contributed by atoms with Crippen LogP contribution in [0, 0.1) is 0 Å². The standard InChI is InChI=1S/C15H22BrN3O2/c1-4-17-15(19-10(2)3)18-9-11-7-12(16)14-13(8-11)20-5-6-21-14/h7-8,10H,4-6,9H2,1-3H3,(H2,17,18,19). The van der Waals surface area contributed by atoms with Gasteiger partial charge in [-0.3, -0.25) is 0 Å². The molecule has 0 spiro atoms. The van der Waals surface area contributed by atoms with E-state index in [1.807, 2.05) is 12.1 Å². The third-order valence-electron chi connectivity index (χ3n) is 2.85. The molecule has 5 nitrogen and oxygen atoms in total. The highest BCUT2D eigenvalue weighted by atomic mass is 79.9. The summed E-state index contributed by atoms with van der Waals surface area (Å²) in [7, 11) is 0. The van der Waals surface area contributed by atoms with Gasteiger partial charge in [0.1, 0.15) is 13.2 Å². The van der Waals surface area contributed by atoms with Crippen LogP contribution in [0.25, 0.3) is 0 Å². The van der Waals surface area contributed by atoms with Crippen molar-refractivity contribution >= 4 is 21.9 Å². The number of hydrogen-bond acceptors (Lipinski definition) is 3. The summed E-state index contributed by atoms with van der Waals surface area (Å²) in [5, 5.41) is 6.53. The lowest BCUT2D eigenvalue weighted by molar-refractivity contribution is 0.170. The smallest absolute Gasteiger partial charge is 0.191 e. The first-order valence-electron chi connectivity index (χ1n) is 7.23. The van der Waals surface area contributed by atoms with Gasteiger partial charge in [-0.25, -0.2) is 4.99 Å². The minimum absolute atomic E-state index is 0.342. The zero-order valence-electron chi connectivity index (χ0n) is 12.7. The predicted octanol–water partition coefficient (Wildman–Crippen LogP) is 2.68. The van der Waals surface area contributed by atoms with E-state index in [0.29, 0.717) is 25.8 Å². The van der Waals surface area contributed by atoms with Crippen molar-refractivity contribution in [3.05, 3.63) is 22.2 Å². The maximum Gasteiger partial charge on any atom is 0.191 e. The fourth-order valence-corrected chi connectivity index (χ4v) is 2.62. The van der Waals surface area contributed by atoms with Crippen molar-refractivity contribution in [2.75, 3.05) is 19.8 Å². The Bertz CT molecular complexity index is 518. The molecule has 0 radical (unpaired) electrons. The molecule has 0 aromatic heterocycles. The number of guanidine groups is 1. The van der Waals surface area contributed by atoms with Gasteiger partial charge in [0.05, 0.1) is 11.0 Å². The average Bonchev–Trinajstić information content (AvgIpc) is 2.44. The largest absolute Gasteiger partial charge is 0.486 e. The van der Waals surface area contributed by atoms with Crippen molar-refractivity contribution < 1.29 is 9.47 Å². The van der Waals surface area contributed by atoms with Crippen molar-refractivity contribution in [3.8, 4) is 11.5 Å². The van der Waals surface area contributed by atoms with Gasteiger partial charge in [-0.1, -0.05) is 0 Å². The molecule has 0 bridgehead atoms. The summed E-state index contributed by atoms with van der Waals surface area (Å²) in [6.45, 7) is 8.83. The summed E-state index contributed by atoms with van der Waals surface area (Å²) in [5.74, 6) is 2.38. The van der Waals surface area contributed by atoms with Gasteiger partial charge < -0.3 is 20.1 Å². The molecule has 0 aliphatic carbocycles. The molecular weight excluding hydrogens is 334 g/mol. The van der Waals surface area contributed by atoms with Gasteiger partial charge in [0.15, 0.2) is 17.5 Å². The van der Waals surface area contributed by atoms with E-state index >= 15 is 0 Å². The Hall–Kier alpha value is -1.43. The van der Waals surface area contributed by atoms with Crippen molar-refractivity contribution in [1.29, 1.82) is 0 Å². The number of ether oxygens (including phenoxy) is 2. The van der Waals surface area contributed by atoms with E-state index in [0.717, 1.165) is 34.0 Å². The molecule has 1 aliphatic heterocycles. The maximum atomic E-state index is 5.63. The van der Waals surface area contributed by atoms with Gasteiger partial charge >= 0.3 is 0 Å². The fraction of sp³-hybridized carbons (Fsp3) is 0.533. The zero-order valence-corrected chi connectivity index (χ0v) is 14.3. The first kappa shape index (κ1) is 15.9. The molecule has 6 heteroatoms. The van der Waals surface area contributed by atoms with Crippen LogP contribution < -0.4 is 20.1 Å². The minimum Gasteiger partial charge on any atom is -0.486 e. The van der Waals surface area contributed by atoms with Gasteiger partial charge in [0, 0.05) is 12.6 Å². The SMILES string of the molecule is CCNC(=NCc1cc(Br)c2c(c1)OCCO2)NC(C)C. The Labute approximate surface area is 134 Å². The fourth-order valence-electron chi connectivity index (χ4n) is 2.02. The van der Waals surface area contributed by atoms with Crippen LogP contribution in [0.2, 0.25) is 0 Å². The molecular formula is C15H22BrN3O2. The van der Waals surface area contributed by atoms with Crippen LogP contribution in [0.3, 0.4) is 0 Å². The molecule has 1 aromatic rings. The lowest BCUT2D eigenvalue weighted by Gasteiger charge is -2.20. The Kier molecular flexibility index (Phi) is 5.73. The highest BCUT2D eigenvalue weighted by molar-refractivity contribution is 9.10. The number of nitrogens with one attached hydrogen (secondary N) is 2. The number of nitrogens with zero attached hydrogens (tertiary/aromatic N) is 1. The van der Waals surface area contributed by atoms with E-state index in [4.69, 9.17) is 9.47 Å². The lowest BCUT2D eigenvalue weighted by atomic mass is 10.2. The molecule has 1 aliphatic rings. The summed E-state index contributed by atoms with van der Waals surface area (Å²) in [4.78, 5) is 4.59. The van der Waals surface area contributed by atoms with Crippen molar-refractivity contribution in [3.63, 3.8) is 0 Å². The maximum absolute atomic E-state index is 5.63. The number of benzene rings is 1. The molecule has 0 saturated carbocycles. The van der Waals surface area contributed by atoms with Crippen LogP contribution >= 0.6 is 15.9 Å². The first-order chi connectivity index (χ1) is 10.1. The zero-order chi connectivity index (χ0) is 15.2. The van der Waals surface area contributed by atoms with Gasteiger partial charge in [-0.2, -0.15) is 0 Å². The van der Waals surface area contributed by atoms with Crippen LogP contribution in [-0.4, -0.2) is 31.8 Å². The molecule has 0 saturated heterocycles. The normalized spacial score (nSPS) is 14.2. The van der Waals surface area contributed by atoms with Crippen LogP contribution in [0.4, 0.5) is 0 Å². The highest BCUT2D eigenvalue weighted by Crippen LogP contribution is 2.38. The van der Waals surface area contributed by atoms with Crippen molar-refractivity contribution in [1.82, 2.24) is 10.6 Å². The Morgan fingerprint density at radius 3 is 2.81 bits per heavy atom. The summed E-state index contributed by atoms with van der Waals surface area (Å²) >= 11 is 3.53. The Morgan fingerprint density at radius 1 is 1.33 bits per heavy atom. The molecule has 1 heterocycles. The predicted molar refractivity (Wildman–Crippen MR) is 88.2 cm³/mol. The molecule has 21 heavy (non-hydrogen) atoms. The third-order valence-corrected chi connectivity index (χ3v) is 3.44.